The summed E-state index contributed by atoms with van der Waals surface area (Å²) in [6.07, 6.45) is 5.31. The van der Waals surface area contributed by atoms with Crippen molar-refractivity contribution in [2.45, 2.75) is 43.6 Å². The second kappa shape index (κ2) is 8.97. The molecule has 2 rings (SSSR count). The minimum atomic E-state index is -0.902. The van der Waals surface area contributed by atoms with Crippen LogP contribution in [-0.4, -0.2) is 40.8 Å². The van der Waals surface area contributed by atoms with Crippen LogP contribution in [0.4, 0.5) is 10.5 Å². The van der Waals surface area contributed by atoms with Crippen molar-refractivity contribution in [2.75, 3.05) is 18.9 Å². The Morgan fingerprint density at radius 1 is 1.38 bits per heavy atom. The highest BCUT2D eigenvalue weighted by Gasteiger charge is 2.18. The van der Waals surface area contributed by atoms with E-state index in [1.807, 2.05) is 30.0 Å². The van der Waals surface area contributed by atoms with Gasteiger partial charge in [0.25, 0.3) is 0 Å². The molecule has 0 aliphatic heterocycles. The summed E-state index contributed by atoms with van der Waals surface area (Å²) >= 11 is 1.99. The van der Waals surface area contributed by atoms with Gasteiger partial charge in [0, 0.05) is 30.3 Å². The van der Waals surface area contributed by atoms with Crippen molar-refractivity contribution in [1.29, 1.82) is 0 Å². The highest BCUT2D eigenvalue weighted by atomic mass is 32.2. The molecule has 0 heterocycles. The monoisotopic (exact) mass is 350 g/mol. The normalized spacial score (nSPS) is 15.9. The maximum atomic E-state index is 12.2. The van der Waals surface area contributed by atoms with Crippen molar-refractivity contribution < 1.29 is 14.7 Å². The van der Waals surface area contributed by atoms with Crippen molar-refractivity contribution >= 4 is 29.4 Å². The van der Waals surface area contributed by atoms with Crippen LogP contribution >= 0.6 is 11.8 Å². The standard InChI is InChI=1S/C18H26N2O3S/c1-13(17(21)22)11-20(2)18(23)19-15-7-5-6-14(10-15)12-24-16-8-3-4-9-16/h5-7,10,13,16H,3-4,8-9,11-12H2,1-2H3,(H,19,23)(H,21,22). The second-order valence-electron chi connectivity index (χ2n) is 6.47. The van der Waals surface area contributed by atoms with Crippen LogP contribution in [0.1, 0.15) is 38.2 Å². The lowest BCUT2D eigenvalue weighted by Gasteiger charge is -2.20. The number of rotatable bonds is 7. The predicted molar refractivity (Wildman–Crippen MR) is 98.4 cm³/mol. The van der Waals surface area contributed by atoms with Gasteiger partial charge in [0.05, 0.1) is 5.92 Å². The molecule has 24 heavy (non-hydrogen) atoms. The summed E-state index contributed by atoms with van der Waals surface area (Å²) in [6.45, 7) is 1.77. The molecule has 5 nitrogen and oxygen atoms in total. The van der Waals surface area contributed by atoms with Gasteiger partial charge in [-0.05, 0) is 30.5 Å². The van der Waals surface area contributed by atoms with Crippen molar-refractivity contribution in [3.63, 3.8) is 0 Å². The molecule has 2 N–H and O–H groups in total. The molecule has 1 aliphatic rings. The maximum absolute atomic E-state index is 12.2. The number of benzene rings is 1. The van der Waals surface area contributed by atoms with Gasteiger partial charge in [-0.3, -0.25) is 4.79 Å². The van der Waals surface area contributed by atoms with Crippen LogP contribution in [0.25, 0.3) is 0 Å². The van der Waals surface area contributed by atoms with E-state index in [4.69, 9.17) is 5.11 Å². The number of amides is 2. The third kappa shape index (κ3) is 5.74. The topological polar surface area (TPSA) is 69.6 Å². The Balaban J connectivity index is 1.86. The summed E-state index contributed by atoms with van der Waals surface area (Å²) in [6, 6.07) is 7.59. The third-order valence-electron chi connectivity index (χ3n) is 4.28. The molecule has 1 aliphatic carbocycles. The number of hydrogen-bond acceptors (Lipinski definition) is 3. The number of carboxylic acids is 1. The number of aliphatic carboxylic acids is 1. The largest absolute Gasteiger partial charge is 0.481 e. The zero-order valence-electron chi connectivity index (χ0n) is 14.3. The molecule has 0 saturated heterocycles. The van der Waals surface area contributed by atoms with Crippen molar-refractivity contribution in [3.05, 3.63) is 29.8 Å². The molecule has 0 bridgehead atoms. The molecule has 1 unspecified atom stereocenters. The number of carboxylic acid groups (broad SMARTS) is 1. The first-order chi connectivity index (χ1) is 11.5. The summed E-state index contributed by atoms with van der Waals surface area (Å²) in [5.74, 6) is -0.532. The van der Waals surface area contributed by atoms with Gasteiger partial charge in [-0.1, -0.05) is 31.9 Å². The van der Waals surface area contributed by atoms with E-state index < -0.39 is 11.9 Å². The molecule has 2 amide bonds. The van der Waals surface area contributed by atoms with E-state index in [1.165, 1.54) is 36.1 Å². The molecule has 1 saturated carbocycles. The van der Waals surface area contributed by atoms with E-state index in [-0.39, 0.29) is 12.6 Å². The van der Waals surface area contributed by atoms with E-state index in [2.05, 4.69) is 11.4 Å². The van der Waals surface area contributed by atoms with Gasteiger partial charge in [0.15, 0.2) is 0 Å². The first-order valence-corrected chi connectivity index (χ1v) is 9.46. The number of carbonyl (C=O) groups is 2. The number of nitrogens with one attached hydrogen (secondary N) is 1. The summed E-state index contributed by atoms with van der Waals surface area (Å²) in [7, 11) is 1.61. The van der Waals surface area contributed by atoms with E-state index in [0.717, 1.165) is 16.7 Å². The molecule has 132 valence electrons. The van der Waals surface area contributed by atoms with Gasteiger partial charge in [0.1, 0.15) is 0 Å². The molecule has 6 heteroatoms. The predicted octanol–water partition coefficient (Wildman–Crippen LogP) is 4.05. The Kier molecular flexibility index (Phi) is 6.97. The minimum Gasteiger partial charge on any atom is -0.481 e. The lowest BCUT2D eigenvalue weighted by atomic mass is 10.2. The Hall–Kier alpha value is -1.69. The highest BCUT2D eigenvalue weighted by molar-refractivity contribution is 7.99. The smallest absolute Gasteiger partial charge is 0.321 e. The number of carbonyl (C=O) groups excluding carboxylic acids is 1. The van der Waals surface area contributed by atoms with Crippen LogP contribution in [0.2, 0.25) is 0 Å². The van der Waals surface area contributed by atoms with Crippen LogP contribution in [0.15, 0.2) is 24.3 Å². The average Bonchev–Trinajstić information content (AvgIpc) is 3.06. The van der Waals surface area contributed by atoms with Gasteiger partial charge in [-0.2, -0.15) is 11.8 Å². The molecule has 1 aromatic carbocycles. The van der Waals surface area contributed by atoms with Gasteiger partial charge in [-0.25, -0.2) is 4.79 Å². The van der Waals surface area contributed by atoms with Gasteiger partial charge in [-0.15, -0.1) is 0 Å². The summed E-state index contributed by atoms with van der Waals surface area (Å²) < 4.78 is 0. The number of thioether (sulfide) groups is 1. The van der Waals surface area contributed by atoms with Crippen LogP contribution in [0.3, 0.4) is 0 Å². The molecule has 1 aromatic rings. The van der Waals surface area contributed by atoms with Crippen molar-refractivity contribution in [1.82, 2.24) is 4.90 Å². The van der Waals surface area contributed by atoms with E-state index in [1.54, 1.807) is 14.0 Å². The van der Waals surface area contributed by atoms with Gasteiger partial charge >= 0.3 is 12.0 Å². The van der Waals surface area contributed by atoms with Gasteiger partial charge in [0.2, 0.25) is 0 Å². The molecule has 1 fully saturated rings. The number of hydrogen-bond donors (Lipinski definition) is 2. The Morgan fingerprint density at radius 3 is 2.75 bits per heavy atom. The quantitative estimate of drug-likeness (QED) is 0.778. The molecular formula is C18H26N2O3S. The first-order valence-electron chi connectivity index (χ1n) is 8.41. The fourth-order valence-electron chi connectivity index (χ4n) is 2.80. The second-order valence-corrected chi connectivity index (χ2v) is 7.76. The minimum absolute atomic E-state index is 0.179. The molecule has 0 spiro atoms. The number of anilines is 1. The lowest BCUT2D eigenvalue weighted by Crippen LogP contribution is -2.36. The summed E-state index contributed by atoms with van der Waals surface area (Å²) in [5.41, 5.74) is 1.95. The van der Waals surface area contributed by atoms with Crippen molar-refractivity contribution in [2.24, 2.45) is 5.92 Å². The Morgan fingerprint density at radius 2 is 2.08 bits per heavy atom. The SMILES string of the molecule is CC(CN(C)C(=O)Nc1cccc(CSC2CCCC2)c1)C(=O)O. The molecular weight excluding hydrogens is 324 g/mol. The van der Waals surface area contributed by atoms with Crippen LogP contribution in [-0.2, 0) is 10.5 Å². The molecule has 0 aromatic heterocycles. The zero-order chi connectivity index (χ0) is 17.5. The van der Waals surface area contributed by atoms with Crippen LogP contribution < -0.4 is 5.32 Å². The van der Waals surface area contributed by atoms with E-state index >= 15 is 0 Å². The fourth-order valence-corrected chi connectivity index (χ4v) is 4.07. The summed E-state index contributed by atoms with van der Waals surface area (Å²) in [5, 5.41) is 12.5. The van der Waals surface area contributed by atoms with E-state index in [9.17, 15) is 9.59 Å². The van der Waals surface area contributed by atoms with Gasteiger partial charge < -0.3 is 15.3 Å². The number of nitrogens with zero attached hydrogens (tertiary/aromatic N) is 1. The highest BCUT2D eigenvalue weighted by Crippen LogP contribution is 2.31. The van der Waals surface area contributed by atoms with Crippen molar-refractivity contribution in [3.8, 4) is 0 Å². The van der Waals surface area contributed by atoms with Crippen LogP contribution in [0.5, 0.6) is 0 Å². The third-order valence-corrected chi connectivity index (χ3v) is 5.72. The summed E-state index contributed by atoms with van der Waals surface area (Å²) in [4.78, 5) is 24.4. The lowest BCUT2D eigenvalue weighted by molar-refractivity contribution is -0.141. The Labute approximate surface area is 147 Å². The molecule has 1 atom stereocenters. The average molecular weight is 350 g/mol. The fraction of sp³-hybridized carbons (Fsp3) is 0.556. The zero-order valence-corrected chi connectivity index (χ0v) is 15.1. The molecule has 0 radical (unpaired) electrons. The Bertz CT molecular complexity index is 573. The van der Waals surface area contributed by atoms with Crippen LogP contribution in [0, 0.1) is 5.92 Å². The first kappa shape index (κ1) is 18.6. The number of urea groups is 1. The van der Waals surface area contributed by atoms with E-state index in [0.29, 0.717) is 0 Å². The maximum Gasteiger partial charge on any atom is 0.321 e.